The predicted molar refractivity (Wildman–Crippen MR) is 76.2 cm³/mol. The normalized spacial score (nSPS) is 12.6. The van der Waals surface area contributed by atoms with Crippen molar-refractivity contribution in [3.8, 4) is 0 Å². The Balaban J connectivity index is 2.40. The fourth-order valence-electron chi connectivity index (χ4n) is 2.38. The highest BCUT2D eigenvalue weighted by molar-refractivity contribution is 5.21. The van der Waals surface area contributed by atoms with Gasteiger partial charge < -0.3 is 5.32 Å². The second-order valence-corrected chi connectivity index (χ2v) is 5.10. The minimum atomic E-state index is -0.502. The van der Waals surface area contributed by atoms with Gasteiger partial charge in [0.15, 0.2) is 0 Å². The third-order valence-corrected chi connectivity index (χ3v) is 3.48. The first kappa shape index (κ1) is 16.1. The molecule has 1 aromatic rings. The van der Waals surface area contributed by atoms with E-state index in [4.69, 9.17) is 0 Å². The highest BCUT2D eigenvalue weighted by Crippen LogP contribution is 2.22. The molecule has 1 nitrogen and oxygen atoms in total. The lowest BCUT2D eigenvalue weighted by molar-refractivity contribution is 0.490. The molecule has 0 heterocycles. The van der Waals surface area contributed by atoms with Crippen LogP contribution in [0.25, 0.3) is 0 Å². The summed E-state index contributed by atoms with van der Waals surface area (Å²) in [4.78, 5) is 0. The third-order valence-electron chi connectivity index (χ3n) is 3.48. The van der Waals surface area contributed by atoms with Crippen LogP contribution in [-0.2, 0) is 0 Å². The molecule has 0 saturated heterocycles. The zero-order valence-electron chi connectivity index (χ0n) is 12.0. The quantitative estimate of drug-likeness (QED) is 0.624. The van der Waals surface area contributed by atoms with Gasteiger partial charge in [-0.25, -0.2) is 8.78 Å². The molecule has 1 rings (SSSR count). The molecule has 0 aliphatic carbocycles. The van der Waals surface area contributed by atoms with Crippen LogP contribution in [0.2, 0.25) is 0 Å². The van der Waals surface area contributed by atoms with E-state index < -0.39 is 11.6 Å². The summed E-state index contributed by atoms with van der Waals surface area (Å²) in [5, 5.41) is 3.14. The Morgan fingerprint density at radius 1 is 0.947 bits per heavy atom. The van der Waals surface area contributed by atoms with Crippen LogP contribution in [0.4, 0.5) is 8.78 Å². The molecule has 1 unspecified atom stereocenters. The smallest absolute Gasteiger partial charge is 0.126 e. The topological polar surface area (TPSA) is 12.0 Å². The minimum Gasteiger partial charge on any atom is -0.313 e. The Bertz CT molecular complexity index is 346. The second kappa shape index (κ2) is 9.03. The molecule has 1 N–H and O–H groups in total. The molecule has 19 heavy (non-hydrogen) atoms. The number of unbranched alkanes of at least 4 members (excludes halogenated alkanes) is 5. The monoisotopic (exact) mass is 269 g/mol. The van der Waals surface area contributed by atoms with Crippen molar-refractivity contribution in [2.24, 2.45) is 0 Å². The Morgan fingerprint density at radius 2 is 1.53 bits per heavy atom. The van der Waals surface area contributed by atoms with Crippen LogP contribution < -0.4 is 5.32 Å². The van der Waals surface area contributed by atoms with E-state index in [1.165, 1.54) is 44.2 Å². The number of hydrogen-bond donors (Lipinski definition) is 1. The lowest BCUT2D eigenvalue weighted by atomic mass is 9.99. The maximum Gasteiger partial charge on any atom is 0.126 e. The van der Waals surface area contributed by atoms with Crippen molar-refractivity contribution in [1.82, 2.24) is 5.32 Å². The minimum absolute atomic E-state index is 0.0383. The highest BCUT2D eigenvalue weighted by atomic mass is 19.1. The lowest BCUT2D eigenvalue weighted by Gasteiger charge is -2.16. The molecule has 0 aliphatic heterocycles. The maximum absolute atomic E-state index is 13.2. The van der Waals surface area contributed by atoms with Crippen molar-refractivity contribution < 1.29 is 8.78 Å². The first-order chi connectivity index (χ1) is 9.17. The highest BCUT2D eigenvalue weighted by Gasteiger charge is 2.11. The van der Waals surface area contributed by atoms with Gasteiger partial charge >= 0.3 is 0 Å². The molecule has 0 aliphatic rings. The lowest BCUT2D eigenvalue weighted by Crippen LogP contribution is -2.16. The zero-order chi connectivity index (χ0) is 14.1. The summed E-state index contributed by atoms with van der Waals surface area (Å²) in [5.41, 5.74) is 0.702. The first-order valence-electron chi connectivity index (χ1n) is 7.30. The van der Waals surface area contributed by atoms with E-state index in [0.29, 0.717) is 5.56 Å². The van der Waals surface area contributed by atoms with E-state index in [2.05, 4.69) is 12.2 Å². The van der Waals surface area contributed by atoms with Crippen molar-refractivity contribution in [2.75, 3.05) is 7.05 Å². The van der Waals surface area contributed by atoms with Gasteiger partial charge in [-0.1, -0.05) is 45.4 Å². The second-order valence-electron chi connectivity index (χ2n) is 5.10. The number of rotatable bonds is 9. The van der Waals surface area contributed by atoms with Gasteiger partial charge in [-0.15, -0.1) is 0 Å². The van der Waals surface area contributed by atoms with Gasteiger partial charge in [0, 0.05) is 12.1 Å². The SMILES string of the molecule is CCCCCCCCC(NC)c1cc(F)cc(F)c1. The molecule has 0 aromatic heterocycles. The molecular weight excluding hydrogens is 244 g/mol. The summed E-state index contributed by atoms with van der Waals surface area (Å²) in [5.74, 6) is -1.00. The molecule has 1 aromatic carbocycles. The fraction of sp³-hybridized carbons (Fsp3) is 0.625. The van der Waals surface area contributed by atoms with Gasteiger partial charge in [-0.2, -0.15) is 0 Å². The summed E-state index contributed by atoms with van der Waals surface area (Å²) >= 11 is 0. The average molecular weight is 269 g/mol. The standard InChI is InChI=1S/C16H25F2N/c1-3-4-5-6-7-8-9-16(19-2)13-10-14(17)12-15(18)11-13/h10-12,16,19H,3-9H2,1-2H3. The fourth-order valence-corrected chi connectivity index (χ4v) is 2.38. The first-order valence-corrected chi connectivity index (χ1v) is 7.30. The van der Waals surface area contributed by atoms with E-state index in [9.17, 15) is 8.78 Å². The van der Waals surface area contributed by atoms with Gasteiger partial charge in [0.25, 0.3) is 0 Å². The van der Waals surface area contributed by atoms with Crippen molar-refractivity contribution >= 4 is 0 Å². The third kappa shape index (κ3) is 6.15. The molecule has 0 fully saturated rings. The van der Waals surface area contributed by atoms with Crippen LogP contribution in [0.1, 0.15) is 63.5 Å². The van der Waals surface area contributed by atoms with E-state index in [1.807, 2.05) is 7.05 Å². The molecule has 1 atom stereocenters. The number of nitrogens with one attached hydrogen (secondary N) is 1. The number of benzene rings is 1. The van der Waals surface area contributed by atoms with Crippen LogP contribution in [0.3, 0.4) is 0 Å². The molecule has 0 saturated carbocycles. The Labute approximate surface area is 115 Å². The maximum atomic E-state index is 13.2. The molecular formula is C16H25F2N. The van der Waals surface area contributed by atoms with E-state index in [1.54, 1.807) is 0 Å². The van der Waals surface area contributed by atoms with Crippen molar-refractivity contribution in [2.45, 2.75) is 57.9 Å². The summed E-state index contributed by atoms with van der Waals surface area (Å²) in [6.45, 7) is 2.20. The molecule has 108 valence electrons. The molecule has 3 heteroatoms. The largest absolute Gasteiger partial charge is 0.313 e. The van der Waals surface area contributed by atoms with Gasteiger partial charge in [0.1, 0.15) is 11.6 Å². The summed E-state index contributed by atoms with van der Waals surface area (Å²) in [6.07, 6.45) is 8.29. The predicted octanol–water partition coefficient (Wildman–Crippen LogP) is 4.98. The summed E-state index contributed by atoms with van der Waals surface area (Å²) in [7, 11) is 1.84. The number of halogens is 2. The molecule has 0 radical (unpaired) electrons. The zero-order valence-corrected chi connectivity index (χ0v) is 12.0. The van der Waals surface area contributed by atoms with Crippen LogP contribution in [0.5, 0.6) is 0 Å². The molecule has 0 amide bonds. The van der Waals surface area contributed by atoms with E-state index in [-0.39, 0.29) is 6.04 Å². The van der Waals surface area contributed by atoms with Crippen LogP contribution >= 0.6 is 0 Å². The van der Waals surface area contributed by atoms with Crippen LogP contribution in [0, 0.1) is 11.6 Å². The Kier molecular flexibility index (Phi) is 7.65. The molecule has 0 spiro atoms. The van der Waals surface area contributed by atoms with Crippen LogP contribution in [-0.4, -0.2) is 7.05 Å². The summed E-state index contributed by atoms with van der Waals surface area (Å²) in [6, 6.07) is 3.79. The van der Waals surface area contributed by atoms with Crippen molar-refractivity contribution in [1.29, 1.82) is 0 Å². The van der Waals surface area contributed by atoms with Crippen LogP contribution in [0.15, 0.2) is 18.2 Å². The van der Waals surface area contributed by atoms with E-state index in [0.717, 1.165) is 18.9 Å². The van der Waals surface area contributed by atoms with Gasteiger partial charge in [-0.05, 0) is 31.2 Å². The van der Waals surface area contributed by atoms with Crippen molar-refractivity contribution in [3.05, 3.63) is 35.4 Å². The average Bonchev–Trinajstić information content (AvgIpc) is 2.37. The van der Waals surface area contributed by atoms with Gasteiger partial charge in [-0.3, -0.25) is 0 Å². The van der Waals surface area contributed by atoms with E-state index >= 15 is 0 Å². The Hall–Kier alpha value is -0.960. The van der Waals surface area contributed by atoms with Gasteiger partial charge in [0.05, 0.1) is 0 Å². The Morgan fingerprint density at radius 3 is 2.11 bits per heavy atom. The summed E-state index contributed by atoms with van der Waals surface area (Å²) < 4.78 is 26.4. The van der Waals surface area contributed by atoms with Crippen molar-refractivity contribution in [3.63, 3.8) is 0 Å². The number of hydrogen-bond acceptors (Lipinski definition) is 1. The van der Waals surface area contributed by atoms with Gasteiger partial charge in [0.2, 0.25) is 0 Å². The molecule has 0 bridgehead atoms.